The second-order valence-electron chi connectivity index (χ2n) is 6.91. The zero-order valence-electron chi connectivity index (χ0n) is 15.7. The molecular formula is C21H24ClN3O2S. The van der Waals surface area contributed by atoms with Gasteiger partial charge in [-0.25, -0.2) is 8.42 Å². The largest absolute Gasteiger partial charge is 0.315 e. The summed E-state index contributed by atoms with van der Waals surface area (Å²) < 4.78 is 29.2. The molecule has 2 aromatic carbocycles. The number of hydrogen-bond acceptors (Lipinski definition) is 4. The van der Waals surface area contributed by atoms with Gasteiger partial charge in [0.1, 0.15) is 0 Å². The molecular weight excluding hydrogens is 394 g/mol. The number of hydrogen-bond donors (Lipinski definition) is 1. The fraction of sp³-hybridized carbons (Fsp3) is 0.286. The normalized spacial score (nSPS) is 18.4. The molecule has 148 valence electrons. The van der Waals surface area contributed by atoms with E-state index in [1.165, 1.54) is 0 Å². The second-order valence-corrected chi connectivity index (χ2v) is 8.77. The molecule has 1 saturated heterocycles. The van der Waals surface area contributed by atoms with E-state index in [0.717, 1.165) is 34.9 Å². The summed E-state index contributed by atoms with van der Waals surface area (Å²) in [5.74, 6) is 0. The van der Waals surface area contributed by atoms with Crippen LogP contribution in [-0.2, 0) is 10.0 Å². The molecule has 1 fully saturated rings. The van der Waals surface area contributed by atoms with Gasteiger partial charge in [0.25, 0.3) is 0 Å². The highest BCUT2D eigenvalue weighted by molar-refractivity contribution is 7.89. The van der Waals surface area contributed by atoms with Gasteiger partial charge in [0.2, 0.25) is 10.0 Å². The summed E-state index contributed by atoms with van der Waals surface area (Å²) >= 11 is 0. The van der Waals surface area contributed by atoms with Gasteiger partial charge >= 0.3 is 0 Å². The Morgan fingerprint density at radius 2 is 1.86 bits per heavy atom. The maximum Gasteiger partial charge on any atom is 0.244 e. The molecule has 2 heterocycles. The van der Waals surface area contributed by atoms with Crippen LogP contribution in [0.5, 0.6) is 0 Å². The van der Waals surface area contributed by atoms with Crippen molar-refractivity contribution in [2.24, 2.45) is 0 Å². The number of sulfonamides is 1. The van der Waals surface area contributed by atoms with Crippen molar-refractivity contribution in [3.8, 4) is 0 Å². The lowest BCUT2D eigenvalue weighted by Gasteiger charge is -2.30. The lowest BCUT2D eigenvalue weighted by atomic mass is 10.1. The van der Waals surface area contributed by atoms with E-state index in [2.05, 4.69) is 10.3 Å². The molecule has 0 bridgehead atoms. The van der Waals surface area contributed by atoms with Gasteiger partial charge in [-0.05, 0) is 37.1 Å². The molecule has 7 heteroatoms. The van der Waals surface area contributed by atoms with Crippen LogP contribution >= 0.6 is 12.4 Å². The molecule has 5 nitrogen and oxygen atoms in total. The topological polar surface area (TPSA) is 62.3 Å². The van der Waals surface area contributed by atoms with E-state index in [1.54, 1.807) is 28.8 Å². The van der Waals surface area contributed by atoms with Crippen LogP contribution in [0.1, 0.15) is 23.6 Å². The molecule has 1 N–H and O–H groups in total. The first kappa shape index (κ1) is 20.7. The van der Waals surface area contributed by atoms with Crippen LogP contribution in [0.25, 0.3) is 10.8 Å². The molecule has 1 aliphatic rings. The molecule has 0 saturated carbocycles. The van der Waals surface area contributed by atoms with Crippen LogP contribution in [0.3, 0.4) is 0 Å². The zero-order chi connectivity index (χ0) is 18.9. The lowest BCUT2D eigenvalue weighted by molar-refractivity contribution is 0.341. The summed E-state index contributed by atoms with van der Waals surface area (Å²) in [5, 5.41) is 4.99. The first-order valence-electron chi connectivity index (χ1n) is 9.20. The Hall–Kier alpha value is -1.99. The number of rotatable bonds is 3. The summed E-state index contributed by atoms with van der Waals surface area (Å²) in [6, 6.07) is 15.1. The van der Waals surface area contributed by atoms with Gasteiger partial charge in [-0.15, -0.1) is 12.4 Å². The number of nitrogens with one attached hydrogen (secondary N) is 1. The Labute approximate surface area is 172 Å². The Kier molecular flexibility index (Phi) is 6.35. The number of aromatic nitrogens is 1. The smallest absolute Gasteiger partial charge is 0.244 e. The number of aryl methyl sites for hydroxylation is 1. The third-order valence-electron chi connectivity index (χ3n) is 5.12. The van der Waals surface area contributed by atoms with Gasteiger partial charge in [-0.1, -0.05) is 42.5 Å². The second kappa shape index (κ2) is 8.57. The first-order valence-corrected chi connectivity index (χ1v) is 10.6. The molecule has 0 amide bonds. The molecule has 0 aliphatic carbocycles. The number of halogens is 1. The van der Waals surface area contributed by atoms with Crippen molar-refractivity contribution >= 4 is 33.2 Å². The van der Waals surface area contributed by atoms with E-state index >= 15 is 0 Å². The predicted octanol–water partition coefficient (Wildman–Crippen LogP) is 3.69. The van der Waals surface area contributed by atoms with Crippen molar-refractivity contribution < 1.29 is 8.42 Å². The third kappa shape index (κ3) is 3.78. The van der Waals surface area contributed by atoms with Crippen LogP contribution in [0.2, 0.25) is 0 Å². The number of benzene rings is 2. The summed E-state index contributed by atoms with van der Waals surface area (Å²) in [5.41, 5.74) is 1.88. The Balaban J connectivity index is 0.00000225. The van der Waals surface area contributed by atoms with Crippen LogP contribution in [0.4, 0.5) is 0 Å². The minimum atomic E-state index is -3.67. The Bertz CT molecular complexity index is 1050. The van der Waals surface area contributed by atoms with Crippen molar-refractivity contribution in [3.05, 3.63) is 72.1 Å². The van der Waals surface area contributed by atoms with Gasteiger partial charge in [0.15, 0.2) is 0 Å². The molecule has 1 aromatic heterocycles. The Morgan fingerprint density at radius 1 is 1.07 bits per heavy atom. The molecule has 1 unspecified atom stereocenters. The highest BCUT2D eigenvalue weighted by atomic mass is 35.5. The van der Waals surface area contributed by atoms with Crippen molar-refractivity contribution in [2.75, 3.05) is 19.6 Å². The molecule has 1 aliphatic heterocycles. The SMILES string of the molecule is Cc1cncc2cccc(S(=O)(=O)N3CCCNCC3c3ccccc3)c12.Cl. The first-order chi connectivity index (χ1) is 13.1. The van der Waals surface area contributed by atoms with E-state index in [0.29, 0.717) is 18.0 Å². The number of pyridine rings is 1. The summed E-state index contributed by atoms with van der Waals surface area (Å²) in [7, 11) is -3.67. The van der Waals surface area contributed by atoms with Gasteiger partial charge in [-0.3, -0.25) is 4.98 Å². The van der Waals surface area contributed by atoms with Crippen LogP contribution < -0.4 is 5.32 Å². The highest BCUT2D eigenvalue weighted by Gasteiger charge is 2.34. The quantitative estimate of drug-likeness (QED) is 0.705. The standard InChI is InChI=1S/C21H23N3O2S.ClH/c1-16-13-23-14-18-9-5-10-20(21(16)18)27(25,26)24-12-6-11-22-15-19(24)17-7-3-2-4-8-17;/h2-5,7-10,13-14,19,22H,6,11-12,15H2,1H3;1H. The molecule has 1 atom stereocenters. The Morgan fingerprint density at radius 3 is 2.64 bits per heavy atom. The fourth-order valence-corrected chi connectivity index (χ4v) is 5.76. The van der Waals surface area contributed by atoms with Gasteiger partial charge in [-0.2, -0.15) is 4.31 Å². The van der Waals surface area contributed by atoms with Crippen LogP contribution in [-0.4, -0.2) is 37.3 Å². The number of fused-ring (bicyclic) bond motifs is 1. The predicted molar refractivity (Wildman–Crippen MR) is 114 cm³/mol. The van der Waals surface area contributed by atoms with E-state index in [9.17, 15) is 8.42 Å². The summed E-state index contributed by atoms with van der Waals surface area (Å²) in [6.45, 7) is 3.82. The van der Waals surface area contributed by atoms with E-state index < -0.39 is 10.0 Å². The highest BCUT2D eigenvalue weighted by Crippen LogP contribution is 2.33. The molecule has 0 radical (unpaired) electrons. The number of nitrogens with zero attached hydrogens (tertiary/aromatic N) is 2. The monoisotopic (exact) mass is 417 g/mol. The third-order valence-corrected chi connectivity index (χ3v) is 7.07. The average molecular weight is 418 g/mol. The van der Waals surface area contributed by atoms with Crippen molar-refractivity contribution in [2.45, 2.75) is 24.3 Å². The molecule has 4 rings (SSSR count). The van der Waals surface area contributed by atoms with Crippen molar-refractivity contribution in [1.29, 1.82) is 0 Å². The summed E-state index contributed by atoms with van der Waals surface area (Å²) in [4.78, 5) is 4.57. The molecule has 3 aromatic rings. The van der Waals surface area contributed by atoms with Gasteiger partial charge in [0.05, 0.1) is 10.9 Å². The lowest BCUT2D eigenvalue weighted by Crippen LogP contribution is -2.37. The zero-order valence-corrected chi connectivity index (χ0v) is 17.3. The minimum Gasteiger partial charge on any atom is -0.315 e. The van der Waals surface area contributed by atoms with Gasteiger partial charge in [0, 0.05) is 36.3 Å². The average Bonchev–Trinajstić information content (AvgIpc) is 2.95. The fourth-order valence-electron chi connectivity index (χ4n) is 3.82. The van der Waals surface area contributed by atoms with E-state index in [4.69, 9.17) is 0 Å². The van der Waals surface area contributed by atoms with E-state index in [1.807, 2.05) is 43.3 Å². The maximum absolute atomic E-state index is 13.8. The summed E-state index contributed by atoms with van der Waals surface area (Å²) in [6.07, 6.45) is 4.23. The molecule has 0 spiro atoms. The minimum absolute atomic E-state index is 0. The van der Waals surface area contributed by atoms with Crippen molar-refractivity contribution in [3.63, 3.8) is 0 Å². The van der Waals surface area contributed by atoms with E-state index in [-0.39, 0.29) is 18.4 Å². The van der Waals surface area contributed by atoms with Crippen LogP contribution in [0, 0.1) is 6.92 Å². The maximum atomic E-state index is 13.8. The van der Waals surface area contributed by atoms with Crippen molar-refractivity contribution in [1.82, 2.24) is 14.6 Å². The molecule has 28 heavy (non-hydrogen) atoms. The van der Waals surface area contributed by atoms with Crippen LogP contribution in [0.15, 0.2) is 65.8 Å². The van der Waals surface area contributed by atoms with Gasteiger partial charge < -0.3 is 5.32 Å².